The van der Waals surface area contributed by atoms with Crippen LogP contribution in [0.1, 0.15) is 16.7 Å². The highest BCUT2D eigenvalue weighted by atomic mass is 79.9. The van der Waals surface area contributed by atoms with Gasteiger partial charge in [0.1, 0.15) is 11.2 Å². The fraction of sp³-hybridized carbons (Fsp3) is 0.0714. The molecule has 0 aliphatic carbocycles. The minimum atomic E-state index is -0.662. The molecule has 0 aliphatic heterocycles. The summed E-state index contributed by atoms with van der Waals surface area (Å²) in [6.07, 6.45) is 3.83. The number of nitrogens with zero attached hydrogens (tertiary/aromatic N) is 3. The maximum atomic E-state index is 5.22. The van der Waals surface area contributed by atoms with Gasteiger partial charge in [-0.1, -0.05) is 91.0 Å². The molecule has 5 rings (SSSR count). The predicted octanol–water partition coefficient (Wildman–Crippen LogP) is 6.56. The Labute approximate surface area is 201 Å². The maximum Gasteiger partial charge on any atom is 0.212 e. The molecule has 0 atom stereocenters. The fourth-order valence-electron chi connectivity index (χ4n) is 4.30. The minimum absolute atomic E-state index is 0.571. The topological polar surface area (TPSA) is 39.9 Å². The third kappa shape index (κ3) is 3.74. The van der Waals surface area contributed by atoms with Crippen LogP contribution in [0.2, 0.25) is 0 Å². The van der Waals surface area contributed by atoms with E-state index in [1.807, 2.05) is 36.5 Å². The molecule has 2 heterocycles. The van der Waals surface area contributed by atoms with Gasteiger partial charge in [-0.05, 0) is 38.7 Å². The lowest BCUT2D eigenvalue weighted by molar-refractivity contribution is 0.398. The van der Waals surface area contributed by atoms with Gasteiger partial charge in [0.15, 0.2) is 0 Å². The van der Waals surface area contributed by atoms with Crippen molar-refractivity contribution >= 4 is 15.9 Å². The molecule has 5 aromatic rings. The molecule has 5 heteroatoms. The summed E-state index contributed by atoms with van der Waals surface area (Å²) in [7, 11) is 1.61. The van der Waals surface area contributed by atoms with E-state index < -0.39 is 5.54 Å². The van der Waals surface area contributed by atoms with Crippen molar-refractivity contribution in [3.8, 4) is 17.1 Å². The average molecular weight is 496 g/mol. The van der Waals surface area contributed by atoms with Crippen molar-refractivity contribution in [2.45, 2.75) is 5.54 Å². The lowest BCUT2D eigenvalue weighted by Crippen LogP contribution is -2.38. The molecule has 3 aromatic carbocycles. The number of pyridine rings is 1. The first kappa shape index (κ1) is 21.2. The molecule has 0 unspecified atom stereocenters. The summed E-state index contributed by atoms with van der Waals surface area (Å²) in [5, 5.41) is 5.13. The van der Waals surface area contributed by atoms with Crippen LogP contribution in [0.3, 0.4) is 0 Å². The zero-order valence-electron chi connectivity index (χ0n) is 18.1. The Morgan fingerprint density at radius 2 is 1.24 bits per heavy atom. The molecule has 0 saturated heterocycles. The van der Waals surface area contributed by atoms with E-state index in [4.69, 9.17) is 9.84 Å². The summed E-state index contributed by atoms with van der Waals surface area (Å²) in [6.45, 7) is 0. The van der Waals surface area contributed by atoms with Crippen molar-refractivity contribution in [1.82, 2.24) is 14.8 Å². The molecule has 0 fully saturated rings. The van der Waals surface area contributed by atoms with E-state index in [9.17, 15) is 0 Å². The Morgan fingerprint density at radius 3 is 1.67 bits per heavy atom. The van der Waals surface area contributed by atoms with E-state index in [-0.39, 0.29) is 0 Å². The summed E-state index contributed by atoms with van der Waals surface area (Å²) in [4.78, 5) is 4.37. The molecule has 0 N–H and O–H groups in total. The van der Waals surface area contributed by atoms with E-state index in [0.717, 1.165) is 32.4 Å². The van der Waals surface area contributed by atoms with Crippen LogP contribution in [0.4, 0.5) is 0 Å². The fourth-order valence-corrected chi connectivity index (χ4v) is 4.80. The molecule has 2 aromatic heterocycles. The largest absolute Gasteiger partial charge is 0.481 e. The van der Waals surface area contributed by atoms with E-state index in [1.54, 1.807) is 13.3 Å². The minimum Gasteiger partial charge on any atom is -0.481 e. The second-order valence-electron chi connectivity index (χ2n) is 7.67. The molecular formula is C28H22BrN3O. The van der Waals surface area contributed by atoms with Crippen molar-refractivity contribution in [2.24, 2.45) is 0 Å². The zero-order valence-corrected chi connectivity index (χ0v) is 19.7. The van der Waals surface area contributed by atoms with E-state index >= 15 is 0 Å². The third-order valence-electron chi connectivity index (χ3n) is 5.81. The number of rotatable bonds is 6. The molecule has 0 aliphatic rings. The Balaban J connectivity index is 1.80. The molecular weight excluding hydrogens is 474 g/mol. The predicted molar refractivity (Wildman–Crippen MR) is 134 cm³/mol. The van der Waals surface area contributed by atoms with Crippen molar-refractivity contribution in [1.29, 1.82) is 0 Å². The van der Waals surface area contributed by atoms with Gasteiger partial charge in [0.25, 0.3) is 0 Å². The normalized spacial score (nSPS) is 11.3. The van der Waals surface area contributed by atoms with Gasteiger partial charge in [-0.2, -0.15) is 5.10 Å². The molecule has 4 nitrogen and oxygen atoms in total. The first-order valence-electron chi connectivity index (χ1n) is 10.7. The van der Waals surface area contributed by atoms with Crippen molar-refractivity contribution in [3.63, 3.8) is 0 Å². The lowest BCUT2D eigenvalue weighted by Gasteiger charge is -2.36. The van der Waals surface area contributed by atoms with Gasteiger partial charge in [0.2, 0.25) is 5.88 Å². The van der Waals surface area contributed by atoms with Crippen LogP contribution in [0.25, 0.3) is 11.3 Å². The quantitative estimate of drug-likeness (QED) is 0.250. The van der Waals surface area contributed by atoms with Gasteiger partial charge in [0.05, 0.1) is 11.6 Å². The number of hydrogen-bond acceptors (Lipinski definition) is 3. The summed E-state index contributed by atoms with van der Waals surface area (Å²) in [5.74, 6) is 0.571. The molecule has 33 heavy (non-hydrogen) atoms. The Bertz CT molecular complexity index is 1240. The van der Waals surface area contributed by atoms with Crippen molar-refractivity contribution < 1.29 is 4.74 Å². The molecule has 0 bridgehead atoms. The number of aromatic nitrogens is 3. The van der Waals surface area contributed by atoms with Crippen LogP contribution in [0.5, 0.6) is 5.88 Å². The average Bonchev–Trinajstić information content (AvgIpc) is 3.28. The van der Waals surface area contributed by atoms with Crippen LogP contribution < -0.4 is 4.74 Å². The van der Waals surface area contributed by atoms with E-state index in [2.05, 4.69) is 98.4 Å². The highest BCUT2D eigenvalue weighted by Gasteiger charge is 2.39. The van der Waals surface area contributed by atoms with Crippen LogP contribution >= 0.6 is 15.9 Å². The Hall–Kier alpha value is -3.70. The maximum absolute atomic E-state index is 5.22. The monoisotopic (exact) mass is 495 g/mol. The van der Waals surface area contributed by atoms with E-state index in [1.165, 1.54) is 0 Å². The second kappa shape index (κ2) is 9.04. The molecule has 0 radical (unpaired) electrons. The smallest absolute Gasteiger partial charge is 0.212 e. The third-order valence-corrected chi connectivity index (χ3v) is 6.39. The van der Waals surface area contributed by atoms with Gasteiger partial charge >= 0.3 is 0 Å². The number of halogens is 1. The molecule has 0 saturated carbocycles. The zero-order chi connectivity index (χ0) is 22.7. The number of methoxy groups -OCH3 is 1. The van der Waals surface area contributed by atoms with Gasteiger partial charge < -0.3 is 4.74 Å². The summed E-state index contributed by atoms with van der Waals surface area (Å²) >= 11 is 3.76. The summed E-state index contributed by atoms with van der Waals surface area (Å²) in [5.41, 5.74) is 4.43. The van der Waals surface area contributed by atoms with Crippen LogP contribution in [-0.4, -0.2) is 21.9 Å². The Morgan fingerprint density at radius 1 is 0.727 bits per heavy atom. The lowest BCUT2D eigenvalue weighted by atomic mass is 9.77. The van der Waals surface area contributed by atoms with E-state index in [0.29, 0.717) is 5.88 Å². The summed E-state index contributed by atoms with van der Waals surface area (Å²) < 4.78 is 8.16. The number of hydrogen-bond donors (Lipinski definition) is 0. The summed E-state index contributed by atoms with van der Waals surface area (Å²) in [6, 6.07) is 35.3. The molecule has 0 spiro atoms. The molecule has 0 amide bonds. The second-order valence-corrected chi connectivity index (χ2v) is 8.52. The van der Waals surface area contributed by atoms with Crippen LogP contribution in [0.15, 0.2) is 120 Å². The van der Waals surface area contributed by atoms with Crippen molar-refractivity contribution in [2.75, 3.05) is 7.11 Å². The highest BCUT2D eigenvalue weighted by Crippen LogP contribution is 2.42. The van der Waals surface area contributed by atoms with Gasteiger partial charge in [-0.3, -0.25) is 4.68 Å². The van der Waals surface area contributed by atoms with Gasteiger partial charge in [-0.25, -0.2) is 4.98 Å². The van der Waals surface area contributed by atoms with Gasteiger partial charge in [0, 0.05) is 24.0 Å². The number of benzene rings is 3. The molecule has 162 valence electrons. The number of ether oxygens (including phenoxy) is 1. The van der Waals surface area contributed by atoms with Crippen LogP contribution in [0, 0.1) is 0 Å². The van der Waals surface area contributed by atoms with Gasteiger partial charge in [-0.15, -0.1) is 0 Å². The Kier molecular flexibility index (Phi) is 5.80. The van der Waals surface area contributed by atoms with Crippen LogP contribution in [-0.2, 0) is 5.54 Å². The standard InChI is InChI=1S/C28H22BrN3O/c1-33-26-18-17-21(19-30-26)27-25(29)20-32(31-27)28(22-11-5-2-6-12-22,23-13-7-3-8-14-23)24-15-9-4-10-16-24/h2-20H,1H3. The van der Waals surface area contributed by atoms with Crippen molar-refractivity contribution in [3.05, 3.63) is 137 Å². The first-order chi connectivity index (χ1) is 16.2. The SMILES string of the molecule is COc1ccc(-c2nn(C(c3ccccc3)(c3ccccc3)c3ccccc3)cc2Br)cn1. The highest BCUT2D eigenvalue weighted by molar-refractivity contribution is 9.10. The first-order valence-corrected chi connectivity index (χ1v) is 11.5.